The molecular formula is C11H17NO3. The highest BCUT2D eigenvalue weighted by Crippen LogP contribution is 2.26. The summed E-state index contributed by atoms with van der Waals surface area (Å²) in [4.78, 5) is 21.7. The Kier molecular flexibility index (Phi) is 5.04. The molecule has 0 atom stereocenters. The normalized spacial score (nSPS) is 27.2. The van der Waals surface area contributed by atoms with Crippen molar-refractivity contribution >= 4 is 12.4 Å². The number of fused-ring (bicyclic) bond motifs is 3. The highest BCUT2D eigenvalue weighted by atomic mass is 16.6. The molecule has 0 aromatic heterocycles. The van der Waals surface area contributed by atoms with Crippen molar-refractivity contribution in [3.8, 4) is 0 Å². The number of hydrogen-bond acceptors (Lipinski definition) is 4. The van der Waals surface area contributed by atoms with E-state index in [1.807, 2.05) is 0 Å². The van der Waals surface area contributed by atoms with Crippen molar-refractivity contribution in [2.45, 2.75) is 19.3 Å². The molecule has 2 bridgehead atoms. The Bertz CT molecular complexity index is 209. The van der Waals surface area contributed by atoms with Gasteiger partial charge in [-0.2, -0.15) is 0 Å². The monoisotopic (exact) mass is 211 g/mol. The average Bonchev–Trinajstić information content (AvgIpc) is 2.33. The number of piperidine rings is 3. The van der Waals surface area contributed by atoms with E-state index in [1.165, 1.54) is 38.9 Å². The first kappa shape index (κ1) is 11.9. The second-order valence-electron chi connectivity index (χ2n) is 3.81. The minimum Gasteiger partial charge on any atom is -0.392 e. The maximum absolute atomic E-state index is 9.84. The minimum absolute atomic E-state index is 0.0595. The van der Waals surface area contributed by atoms with Crippen LogP contribution in [0.2, 0.25) is 0 Å². The first-order valence-electron chi connectivity index (χ1n) is 5.25. The van der Waals surface area contributed by atoms with Crippen LogP contribution in [0.15, 0.2) is 12.7 Å². The summed E-state index contributed by atoms with van der Waals surface area (Å²) in [7, 11) is 0. The van der Waals surface area contributed by atoms with Gasteiger partial charge in [-0.1, -0.05) is 6.58 Å². The van der Waals surface area contributed by atoms with Crippen LogP contribution in [0, 0.1) is 5.92 Å². The van der Waals surface area contributed by atoms with E-state index in [-0.39, 0.29) is 6.47 Å². The van der Waals surface area contributed by atoms with Crippen LogP contribution in [0.25, 0.3) is 0 Å². The lowest BCUT2D eigenvalue weighted by atomic mass is 9.89. The van der Waals surface area contributed by atoms with Gasteiger partial charge in [0.15, 0.2) is 0 Å². The number of esters is 1. The highest BCUT2D eigenvalue weighted by Gasteiger charge is 2.24. The summed E-state index contributed by atoms with van der Waals surface area (Å²) >= 11 is 0. The molecule has 0 amide bonds. The Labute approximate surface area is 89.9 Å². The summed E-state index contributed by atoms with van der Waals surface area (Å²) in [5.74, 6) is 0.384. The second-order valence-corrected chi connectivity index (χ2v) is 3.81. The predicted molar refractivity (Wildman–Crippen MR) is 56.1 cm³/mol. The van der Waals surface area contributed by atoms with Crippen molar-refractivity contribution in [3.05, 3.63) is 12.7 Å². The van der Waals surface area contributed by atoms with Crippen molar-refractivity contribution in [1.29, 1.82) is 0 Å². The molecule has 84 valence electrons. The Morgan fingerprint density at radius 3 is 1.93 bits per heavy atom. The van der Waals surface area contributed by atoms with Crippen LogP contribution in [0.4, 0.5) is 0 Å². The maximum atomic E-state index is 9.84. The largest absolute Gasteiger partial charge is 0.392 e. The van der Waals surface area contributed by atoms with Gasteiger partial charge in [-0.05, 0) is 44.8 Å². The first-order chi connectivity index (χ1) is 7.26. The summed E-state index contributed by atoms with van der Waals surface area (Å²) in [6, 6.07) is 0. The SMILES string of the molecule is C1CN2CCC1CC2.C=CC(=O)OC=O. The lowest BCUT2D eigenvalue weighted by molar-refractivity contribution is -0.147. The molecule has 4 nitrogen and oxygen atoms in total. The standard InChI is InChI=1S/C7H13N.C4H4O3/c1-4-8-5-2-7(1)3-6-8;1-2-4(6)7-3-5/h7H,1-6H2;2-3H,1H2. The Morgan fingerprint density at radius 2 is 1.80 bits per heavy atom. The summed E-state index contributed by atoms with van der Waals surface area (Å²) in [6.07, 6.45) is 5.37. The van der Waals surface area contributed by atoms with Gasteiger partial charge in [-0.15, -0.1) is 0 Å². The molecule has 15 heavy (non-hydrogen) atoms. The third kappa shape index (κ3) is 4.25. The topological polar surface area (TPSA) is 46.6 Å². The van der Waals surface area contributed by atoms with Crippen molar-refractivity contribution in [3.63, 3.8) is 0 Å². The van der Waals surface area contributed by atoms with E-state index in [0.29, 0.717) is 0 Å². The van der Waals surface area contributed by atoms with Gasteiger partial charge in [0, 0.05) is 6.08 Å². The van der Waals surface area contributed by atoms with E-state index >= 15 is 0 Å². The smallest absolute Gasteiger partial charge is 0.337 e. The molecule has 0 aliphatic carbocycles. The minimum atomic E-state index is -0.727. The molecule has 0 N–H and O–H groups in total. The van der Waals surface area contributed by atoms with Gasteiger partial charge in [0.05, 0.1) is 0 Å². The first-order valence-corrected chi connectivity index (χ1v) is 5.25. The number of hydrogen-bond donors (Lipinski definition) is 0. The number of rotatable bonds is 2. The fraction of sp³-hybridized carbons (Fsp3) is 0.636. The zero-order chi connectivity index (χ0) is 11.1. The second kappa shape index (κ2) is 6.35. The van der Waals surface area contributed by atoms with E-state index in [2.05, 4.69) is 16.2 Å². The molecule has 0 radical (unpaired) electrons. The summed E-state index contributed by atoms with van der Waals surface area (Å²) in [6.45, 7) is 7.29. The summed E-state index contributed by atoms with van der Waals surface area (Å²) < 4.78 is 3.75. The number of carbonyl (C=O) groups excluding carboxylic acids is 2. The fourth-order valence-electron chi connectivity index (χ4n) is 1.96. The molecule has 3 heterocycles. The molecule has 0 aromatic carbocycles. The summed E-state index contributed by atoms with van der Waals surface area (Å²) in [5.41, 5.74) is 0. The Balaban J connectivity index is 0.000000153. The van der Waals surface area contributed by atoms with Gasteiger partial charge >= 0.3 is 12.4 Å². The molecule has 0 saturated carbocycles. The quantitative estimate of drug-likeness (QED) is 0.295. The van der Waals surface area contributed by atoms with Crippen LogP contribution in [0.5, 0.6) is 0 Å². The van der Waals surface area contributed by atoms with Crippen LogP contribution in [0.1, 0.15) is 19.3 Å². The van der Waals surface area contributed by atoms with E-state index in [9.17, 15) is 9.59 Å². The van der Waals surface area contributed by atoms with Crippen LogP contribution in [-0.2, 0) is 14.3 Å². The molecule has 4 heteroatoms. The van der Waals surface area contributed by atoms with E-state index in [1.54, 1.807) is 0 Å². The van der Waals surface area contributed by atoms with Gasteiger partial charge in [-0.25, -0.2) is 4.79 Å². The van der Waals surface area contributed by atoms with E-state index in [0.717, 1.165) is 12.0 Å². The Morgan fingerprint density at radius 1 is 1.27 bits per heavy atom. The average molecular weight is 211 g/mol. The zero-order valence-corrected chi connectivity index (χ0v) is 8.85. The molecule has 0 aromatic rings. The summed E-state index contributed by atoms with van der Waals surface area (Å²) in [5, 5.41) is 0. The lowest BCUT2D eigenvalue weighted by Crippen LogP contribution is -2.41. The molecule has 3 aliphatic heterocycles. The van der Waals surface area contributed by atoms with Gasteiger partial charge < -0.3 is 9.64 Å². The third-order valence-electron chi connectivity index (χ3n) is 2.89. The third-order valence-corrected chi connectivity index (χ3v) is 2.89. The van der Waals surface area contributed by atoms with Crippen molar-refractivity contribution in [1.82, 2.24) is 4.90 Å². The van der Waals surface area contributed by atoms with E-state index < -0.39 is 5.97 Å². The van der Waals surface area contributed by atoms with Gasteiger partial charge in [-0.3, -0.25) is 4.79 Å². The van der Waals surface area contributed by atoms with Gasteiger partial charge in [0.2, 0.25) is 0 Å². The van der Waals surface area contributed by atoms with Crippen molar-refractivity contribution in [2.24, 2.45) is 5.92 Å². The highest BCUT2D eigenvalue weighted by molar-refractivity contribution is 5.85. The number of ether oxygens (including phenoxy) is 1. The fourth-order valence-corrected chi connectivity index (χ4v) is 1.96. The predicted octanol–water partition coefficient (Wildman–Crippen LogP) is 0.974. The van der Waals surface area contributed by atoms with Gasteiger partial charge in [0.25, 0.3) is 0 Å². The molecule has 3 aliphatic rings. The van der Waals surface area contributed by atoms with Crippen LogP contribution in [0.3, 0.4) is 0 Å². The van der Waals surface area contributed by atoms with Crippen molar-refractivity contribution in [2.75, 3.05) is 19.6 Å². The number of carbonyl (C=O) groups is 2. The molecule has 3 fully saturated rings. The molecule has 0 unspecified atom stereocenters. The van der Waals surface area contributed by atoms with Crippen LogP contribution < -0.4 is 0 Å². The van der Waals surface area contributed by atoms with E-state index in [4.69, 9.17) is 0 Å². The number of nitrogens with zero attached hydrogens (tertiary/aromatic N) is 1. The van der Waals surface area contributed by atoms with Crippen molar-refractivity contribution < 1.29 is 14.3 Å². The molecule has 3 rings (SSSR count). The Hall–Kier alpha value is -1.16. The molecule has 3 saturated heterocycles. The van der Waals surface area contributed by atoms with Crippen LogP contribution >= 0.6 is 0 Å². The maximum Gasteiger partial charge on any atom is 0.337 e. The van der Waals surface area contributed by atoms with Gasteiger partial charge in [0.1, 0.15) is 0 Å². The van der Waals surface area contributed by atoms with Crippen LogP contribution in [-0.4, -0.2) is 37.0 Å². The molecular weight excluding hydrogens is 194 g/mol. The zero-order valence-electron chi connectivity index (χ0n) is 8.85. The lowest BCUT2D eigenvalue weighted by Gasteiger charge is -2.38. The molecule has 0 spiro atoms.